The number of fused-ring (bicyclic) bond motifs is 3. The van der Waals surface area contributed by atoms with Gasteiger partial charge in [-0.25, -0.2) is 0 Å². The van der Waals surface area contributed by atoms with Crippen LogP contribution in [0.5, 0.6) is 0 Å². The number of carbonyl (C=O) groups excluding carboxylic acids is 1. The number of allylic oxidation sites excluding steroid dienone is 2. The lowest BCUT2D eigenvalue weighted by atomic mass is 9.62. The third-order valence-corrected chi connectivity index (χ3v) is 7.73. The lowest BCUT2D eigenvalue weighted by Gasteiger charge is -2.41. The molecule has 3 atom stereocenters. The van der Waals surface area contributed by atoms with Gasteiger partial charge in [0.1, 0.15) is 0 Å². The second kappa shape index (κ2) is 8.35. The zero-order chi connectivity index (χ0) is 22.4. The lowest BCUT2D eigenvalue weighted by Crippen LogP contribution is -2.31. The Labute approximate surface area is 199 Å². The molecule has 0 unspecified atom stereocenters. The van der Waals surface area contributed by atoms with Gasteiger partial charge in [-0.15, -0.1) is 0 Å². The van der Waals surface area contributed by atoms with Crippen LogP contribution in [-0.2, 0) is 11.2 Å². The maximum absolute atomic E-state index is 12.6. The van der Waals surface area contributed by atoms with E-state index >= 15 is 0 Å². The zero-order valence-corrected chi connectivity index (χ0v) is 19.2. The fraction of sp³-hybridized carbons (Fsp3) is 0.233. The molecule has 0 bridgehead atoms. The SMILES string of the molecule is O=C1C=C([C@H]2[C@H](c3ccc(Cl)cc3)c3c([nH]c4ccccc34)C[C@H]2c2ccccc2)CCC1. The number of aromatic nitrogens is 1. The van der Waals surface area contributed by atoms with E-state index < -0.39 is 0 Å². The van der Waals surface area contributed by atoms with E-state index in [1.54, 1.807) is 0 Å². The minimum atomic E-state index is 0.157. The molecule has 2 nitrogen and oxygen atoms in total. The summed E-state index contributed by atoms with van der Waals surface area (Å²) in [5, 5.41) is 2.03. The highest BCUT2D eigenvalue weighted by Gasteiger charge is 2.42. The zero-order valence-electron chi connectivity index (χ0n) is 18.4. The van der Waals surface area contributed by atoms with Crippen LogP contribution < -0.4 is 0 Å². The number of hydrogen-bond acceptors (Lipinski definition) is 1. The Hall–Kier alpha value is -3.10. The highest BCUT2D eigenvalue weighted by molar-refractivity contribution is 6.30. The number of rotatable bonds is 3. The molecular weight excluding hydrogens is 426 g/mol. The Morgan fingerprint density at radius 2 is 1.58 bits per heavy atom. The molecule has 164 valence electrons. The lowest BCUT2D eigenvalue weighted by molar-refractivity contribution is -0.115. The summed E-state index contributed by atoms with van der Waals surface area (Å²) in [6.07, 6.45) is 5.50. The van der Waals surface area contributed by atoms with Crippen molar-refractivity contribution in [2.24, 2.45) is 5.92 Å². The van der Waals surface area contributed by atoms with E-state index in [1.165, 1.54) is 38.9 Å². The van der Waals surface area contributed by atoms with Gasteiger partial charge in [-0.1, -0.05) is 77.8 Å². The first-order valence-corrected chi connectivity index (χ1v) is 12.2. The summed E-state index contributed by atoms with van der Waals surface area (Å²) in [4.78, 5) is 16.3. The van der Waals surface area contributed by atoms with Crippen LogP contribution in [0.4, 0.5) is 0 Å². The molecular formula is C30H26ClNO. The molecule has 33 heavy (non-hydrogen) atoms. The summed E-state index contributed by atoms with van der Waals surface area (Å²) in [6, 6.07) is 27.8. The minimum Gasteiger partial charge on any atom is -0.358 e. The first kappa shape index (κ1) is 20.5. The van der Waals surface area contributed by atoms with Crippen LogP contribution in [0.3, 0.4) is 0 Å². The van der Waals surface area contributed by atoms with Crippen LogP contribution >= 0.6 is 11.6 Å². The fourth-order valence-electron chi connectivity index (χ4n) is 6.12. The molecule has 3 heteroatoms. The van der Waals surface area contributed by atoms with Crippen LogP contribution in [-0.4, -0.2) is 10.8 Å². The molecule has 1 aromatic heterocycles. The van der Waals surface area contributed by atoms with E-state index in [1.807, 2.05) is 18.2 Å². The maximum atomic E-state index is 12.6. The standard InChI is InChI=1S/C30H26ClNO/c31-22-15-13-20(14-16-22)29-28(21-9-6-10-23(33)17-21)25(19-7-2-1-3-8-19)18-27-30(29)24-11-4-5-12-26(24)32-27/h1-5,7-8,11-17,25,28-29,32H,6,9-10,18H2/t25-,28+,29-/m0/s1. The Bertz CT molecular complexity index is 1350. The number of nitrogens with one attached hydrogen (secondary N) is 1. The second-order valence-electron chi connectivity index (χ2n) is 9.38. The number of benzene rings is 3. The molecule has 0 radical (unpaired) electrons. The maximum Gasteiger partial charge on any atom is 0.155 e. The van der Waals surface area contributed by atoms with Crippen LogP contribution in [0.25, 0.3) is 10.9 Å². The van der Waals surface area contributed by atoms with Crippen molar-refractivity contribution in [2.75, 3.05) is 0 Å². The molecule has 1 N–H and O–H groups in total. The van der Waals surface area contributed by atoms with Gasteiger partial charge in [-0.3, -0.25) is 4.79 Å². The first-order chi connectivity index (χ1) is 16.2. The van der Waals surface area contributed by atoms with Gasteiger partial charge in [0.05, 0.1) is 0 Å². The quantitative estimate of drug-likeness (QED) is 0.342. The third-order valence-electron chi connectivity index (χ3n) is 7.48. The summed E-state index contributed by atoms with van der Waals surface area (Å²) in [7, 11) is 0. The average molecular weight is 452 g/mol. The van der Waals surface area contributed by atoms with Gasteiger partial charge in [0.15, 0.2) is 5.78 Å². The van der Waals surface area contributed by atoms with Crippen molar-refractivity contribution >= 4 is 28.3 Å². The molecule has 0 aliphatic heterocycles. The van der Waals surface area contributed by atoms with Gasteiger partial charge < -0.3 is 4.98 Å². The highest BCUT2D eigenvalue weighted by Crippen LogP contribution is 2.53. The van der Waals surface area contributed by atoms with E-state index in [2.05, 4.69) is 71.7 Å². The average Bonchev–Trinajstić information content (AvgIpc) is 3.22. The molecule has 0 saturated heterocycles. The summed E-state index contributed by atoms with van der Waals surface area (Å²) in [5.41, 5.74) is 7.77. The van der Waals surface area contributed by atoms with Gasteiger partial charge in [0, 0.05) is 34.0 Å². The fourth-order valence-corrected chi connectivity index (χ4v) is 6.24. The van der Waals surface area contributed by atoms with Crippen molar-refractivity contribution in [1.82, 2.24) is 4.98 Å². The monoisotopic (exact) mass is 451 g/mol. The first-order valence-electron chi connectivity index (χ1n) is 11.8. The molecule has 2 aliphatic rings. The molecule has 0 spiro atoms. The van der Waals surface area contributed by atoms with Crippen LogP contribution in [0.15, 0.2) is 90.5 Å². The van der Waals surface area contributed by atoms with Crippen molar-refractivity contribution in [1.29, 1.82) is 0 Å². The number of halogens is 1. The Kier molecular flexibility index (Phi) is 5.19. The smallest absolute Gasteiger partial charge is 0.155 e. The van der Waals surface area contributed by atoms with Crippen LogP contribution in [0.2, 0.25) is 5.02 Å². The van der Waals surface area contributed by atoms with Crippen LogP contribution in [0, 0.1) is 5.92 Å². The van der Waals surface area contributed by atoms with E-state index in [0.29, 0.717) is 12.3 Å². The molecule has 0 amide bonds. The van der Waals surface area contributed by atoms with E-state index in [0.717, 1.165) is 24.3 Å². The molecule has 0 saturated carbocycles. The molecule has 3 aromatic carbocycles. The topological polar surface area (TPSA) is 32.9 Å². The van der Waals surface area contributed by atoms with Crippen molar-refractivity contribution in [3.8, 4) is 0 Å². The molecule has 2 aliphatic carbocycles. The summed E-state index contributed by atoms with van der Waals surface area (Å²) >= 11 is 6.29. The Balaban J connectivity index is 1.63. The number of ketones is 1. The summed E-state index contributed by atoms with van der Waals surface area (Å²) in [6.45, 7) is 0. The summed E-state index contributed by atoms with van der Waals surface area (Å²) in [5.74, 6) is 0.946. The van der Waals surface area contributed by atoms with E-state index in [-0.39, 0.29) is 17.6 Å². The number of para-hydroxylation sites is 1. The van der Waals surface area contributed by atoms with E-state index in [4.69, 9.17) is 11.6 Å². The van der Waals surface area contributed by atoms with Gasteiger partial charge in [0.25, 0.3) is 0 Å². The van der Waals surface area contributed by atoms with Gasteiger partial charge >= 0.3 is 0 Å². The Morgan fingerprint density at radius 3 is 2.36 bits per heavy atom. The minimum absolute atomic E-state index is 0.157. The third kappa shape index (κ3) is 3.63. The second-order valence-corrected chi connectivity index (χ2v) is 9.81. The molecule has 6 rings (SSSR count). The number of carbonyl (C=O) groups is 1. The van der Waals surface area contributed by atoms with Gasteiger partial charge in [-0.2, -0.15) is 0 Å². The number of hydrogen-bond donors (Lipinski definition) is 1. The highest BCUT2D eigenvalue weighted by atomic mass is 35.5. The van der Waals surface area contributed by atoms with E-state index in [9.17, 15) is 4.79 Å². The largest absolute Gasteiger partial charge is 0.358 e. The van der Waals surface area contributed by atoms with Crippen LogP contribution in [0.1, 0.15) is 53.5 Å². The predicted molar refractivity (Wildman–Crippen MR) is 135 cm³/mol. The number of H-pyrrole nitrogens is 1. The van der Waals surface area contributed by atoms with Crippen molar-refractivity contribution in [3.63, 3.8) is 0 Å². The molecule has 4 aromatic rings. The van der Waals surface area contributed by atoms with Gasteiger partial charge in [0.2, 0.25) is 0 Å². The van der Waals surface area contributed by atoms with Crippen molar-refractivity contribution < 1.29 is 4.79 Å². The predicted octanol–water partition coefficient (Wildman–Crippen LogP) is 7.59. The normalized spacial score (nSPS) is 22.8. The molecule has 0 fully saturated rings. The summed E-state index contributed by atoms with van der Waals surface area (Å²) < 4.78 is 0. The van der Waals surface area contributed by atoms with Crippen molar-refractivity contribution in [3.05, 3.63) is 118 Å². The number of aromatic amines is 1. The molecule has 1 heterocycles. The van der Waals surface area contributed by atoms with Gasteiger partial charge in [-0.05, 0) is 72.1 Å². The Morgan fingerprint density at radius 1 is 0.818 bits per heavy atom. The van der Waals surface area contributed by atoms with Crippen molar-refractivity contribution in [2.45, 2.75) is 37.5 Å².